The first-order valence-corrected chi connectivity index (χ1v) is 14.4. The summed E-state index contributed by atoms with van der Waals surface area (Å²) in [5.41, 5.74) is 5.68. The maximum Gasteiger partial charge on any atom is 0.313 e. The Hall–Kier alpha value is -3.88. The number of para-hydroxylation sites is 2. The van der Waals surface area contributed by atoms with E-state index >= 15 is 0 Å². The SMILES string of the molecule is C=C(C(Cc1ccccc1-c1ccccc1)C(=O)OCC)P1N(c2ccccc2)CCN1c1ccccc1. The maximum atomic E-state index is 13.6. The Balaban J connectivity index is 1.54. The van der Waals surface area contributed by atoms with Crippen LogP contribution >= 0.6 is 8.22 Å². The minimum absolute atomic E-state index is 0.212. The number of benzene rings is 4. The first-order valence-electron chi connectivity index (χ1n) is 13.1. The Kier molecular flexibility index (Phi) is 8.21. The molecule has 0 aliphatic carbocycles. The van der Waals surface area contributed by atoms with Crippen LogP contribution in [0.1, 0.15) is 12.5 Å². The number of carbonyl (C=O) groups excluding carboxylic acids is 1. The molecule has 0 N–H and O–H groups in total. The van der Waals surface area contributed by atoms with Gasteiger partial charge in [-0.2, -0.15) is 0 Å². The smallest absolute Gasteiger partial charge is 0.313 e. The highest BCUT2D eigenvalue weighted by Gasteiger charge is 2.40. The molecule has 0 radical (unpaired) electrons. The van der Waals surface area contributed by atoms with Crippen LogP contribution in [0.4, 0.5) is 11.4 Å². The fourth-order valence-electron chi connectivity index (χ4n) is 5.03. The van der Waals surface area contributed by atoms with Gasteiger partial charge in [0.25, 0.3) is 0 Å². The molecule has 0 amide bonds. The zero-order chi connectivity index (χ0) is 26.3. The van der Waals surface area contributed by atoms with E-state index in [1.54, 1.807) is 0 Å². The third kappa shape index (κ3) is 5.51. The third-order valence-electron chi connectivity index (χ3n) is 6.85. The Morgan fingerprint density at radius 2 is 1.29 bits per heavy atom. The van der Waals surface area contributed by atoms with Gasteiger partial charge >= 0.3 is 5.97 Å². The van der Waals surface area contributed by atoms with Crippen LogP contribution in [0.2, 0.25) is 0 Å². The molecule has 4 nitrogen and oxygen atoms in total. The maximum absolute atomic E-state index is 13.6. The van der Waals surface area contributed by atoms with E-state index < -0.39 is 14.1 Å². The first-order chi connectivity index (χ1) is 18.7. The van der Waals surface area contributed by atoms with Gasteiger partial charge < -0.3 is 14.1 Å². The van der Waals surface area contributed by atoms with Crippen molar-refractivity contribution in [1.29, 1.82) is 0 Å². The van der Waals surface area contributed by atoms with Gasteiger partial charge in [0.15, 0.2) is 0 Å². The van der Waals surface area contributed by atoms with Gasteiger partial charge in [-0.05, 0) is 54.3 Å². The molecule has 1 aliphatic heterocycles. The summed E-state index contributed by atoms with van der Waals surface area (Å²) in [6, 6.07) is 39.6. The molecule has 0 spiro atoms. The molecule has 1 fully saturated rings. The van der Waals surface area contributed by atoms with Gasteiger partial charge in [0.2, 0.25) is 0 Å². The highest BCUT2D eigenvalue weighted by molar-refractivity contribution is 7.65. The molecule has 0 aromatic heterocycles. The van der Waals surface area contributed by atoms with Crippen LogP contribution < -0.4 is 9.34 Å². The van der Waals surface area contributed by atoms with E-state index in [1.807, 2.05) is 43.3 Å². The van der Waals surface area contributed by atoms with Crippen LogP contribution in [0, 0.1) is 5.92 Å². The number of hydrogen-bond acceptors (Lipinski definition) is 4. The standard InChI is InChI=1S/C33H33N2O2P/c1-3-37-33(36)32(25-28-17-13-14-22-31(28)27-15-7-4-8-16-27)26(2)38-34(29-18-9-5-10-19-29)23-24-35(38)30-20-11-6-12-21-30/h4-22,32H,2-3,23-25H2,1H3. The molecule has 38 heavy (non-hydrogen) atoms. The van der Waals surface area contributed by atoms with Gasteiger partial charge in [-0.1, -0.05) is 97.6 Å². The van der Waals surface area contributed by atoms with Crippen LogP contribution in [-0.4, -0.2) is 25.7 Å². The summed E-state index contributed by atoms with van der Waals surface area (Å²) in [4.78, 5) is 13.6. The summed E-state index contributed by atoms with van der Waals surface area (Å²) in [7, 11) is -1.06. The minimum atomic E-state index is -1.06. The summed E-state index contributed by atoms with van der Waals surface area (Å²) in [6.45, 7) is 8.56. The van der Waals surface area contributed by atoms with Crippen molar-refractivity contribution in [2.75, 3.05) is 29.0 Å². The third-order valence-corrected chi connectivity index (χ3v) is 9.45. The molecule has 5 rings (SSSR count). The molecule has 1 unspecified atom stereocenters. The first kappa shape index (κ1) is 25.8. The predicted octanol–water partition coefficient (Wildman–Crippen LogP) is 7.93. The second-order valence-corrected chi connectivity index (χ2v) is 11.3. The quantitative estimate of drug-likeness (QED) is 0.166. The van der Waals surface area contributed by atoms with Crippen LogP contribution in [0.25, 0.3) is 11.1 Å². The molecule has 5 heteroatoms. The fourth-order valence-corrected chi connectivity index (χ4v) is 7.65. The van der Waals surface area contributed by atoms with Crippen molar-refractivity contribution in [3.05, 3.63) is 133 Å². The molecule has 1 saturated heterocycles. The monoisotopic (exact) mass is 520 g/mol. The molecule has 1 aliphatic rings. The average Bonchev–Trinajstić information content (AvgIpc) is 3.43. The minimum Gasteiger partial charge on any atom is -0.466 e. The highest BCUT2D eigenvalue weighted by Crippen LogP contribution is 2.60. The van der Waals surface area contributed by atoms with Crippen molar-refractivity contribution in [1.82, 2.24) is 0 Å². The molecule has 1 heterocycles. The molecule has 0 saturated carbocycles. The zero-order valence-electron chi connectivity index (χ0n) is 21.7. The molecule has 0 bridgehead atoms. The van der Waals surface area contributed by atoms with E-state index in [0.717, 1.165) is 46.5 Å². The molecule has 4 aromatic carbocycles. The number of nitrogens with zero attached hydrogens (tertiary/aromatic N) is 2. The lowest BCUT2D eigenvalue weighted by Gasteiger charge is -2.36. The fraction of sp³-hybridized carbons (Fsp3) is 0.182. The molecule has 4 aromatic rings. The average molecular weight is 521 g/mol. The normalized spacial score (nSPS) is 14.3. The summed E-state index contributed by atoms with van der Waals surface area (Å²) < 4.78 is 10.5. The lowest BCUT2D eigenvalue weighted by atomic mass is 9.92. The zero-order valence-corrected chi connectivity index (χ0v) is 22.6. The van der Waals surface area contributed by atoms with E-state index in [2.05, 4.69) is 94.8 Å². The lowest BCUT2D eigenvalue weighted by Crippen LogP contribution is -2.26. The Bertz CT molecular complexity index is 1310. The number of ether oxygens (including phenoxy) is 1. The highest BCUT2D eigenvalue weighted by atomic mass is 31.1. The van der Waals surface area contributed by atoms with Gasteiger partial charge in [-0.15, -0.1) is 0 Å². The molecule has 1 atom stereocenters. The van der Waals surface area contributed by atoms with E-state index in [4.69, 9.17) is 4.74 Å². The summed E-state index contributed by atoms with van der Waals surface area (Å²) in [6.07, 6.45) is 0.535. The van der Waals surface area contributed by atoms with Crippen LogP contribution in [0.5, 0.6) is 0 Å². The summed E-state index contributed by atoms with van der Waals surface area (Å²) >= 11 is 0. The van der Waals surface area contributed by atoms with Crippen LogP contribution in [0.15, 0.2) is 127 Å². The van der Waals surface area contributed by atoms with E-state index in [0.29, 0.717) is 13.0 Å². The second-order valence-electron chi connectivity index (χ2n) is 9.23. The van der Waals surface area contributed by atoms with E-state index in [9.17, 15) is 4.79 Å². The topological polar surface area (TPSA) is 32.8 Å². The second kappa shape index (κ2) is 12.1. The summed E-state index contributed by atoms with van der Waals surface area (Å²) in [5, 5.41) is 0.909. The van der Waals surface area contributed by atoms with Gasteiger partial charge in [0.05, 0.1) is 12.5 Å². The van der Waals surface area contributed by atoms with Gasteiger partial charge in [0.1, 0.15) is 8.22 Å². The molecule has 192 valence electrons. The van der Waals surface area contributed by atoms with Crippen molar-refractivity contribution in [2.24, 2.45) is 5.92 Å². The van der Waals surface area contributed by atoms with Gasteiger partial charge in [-0.25, -0.2) is 0 Å². The number of anilines is 2. The van der Waals surface area contributed by atoms with Gasteiger partial charge in [0, 0.05) is 29.8 Å². The van der Waals surface area contributed by atoms with Crippen LogP contribution in [-0.2, 0) is 16.0 Å². The Morgan fingerprint density at radius 1 is 0.789 bits per heavy atom. The van der Waals surface area contributed by atoms with E-state index in [1.165, 1.54) is 0 Å². The number of esters is 1. The van der Waals surface area contributed by atoms with Crippen molar-refractivity contribution >= 4 is 25.6 Å². The number of hydrogen-bond donors (Lipinski definition) is 0. The van der Waals surface area contributed by atoms with Crippen molar-refractivity contribution in [3.8, 4) is 11.1 Å². The molecular formula is C33H33N2O2P. The van der Waals surface area contributed by atoms with Crippen LogP contribution in [0.3, 0.4) is 0 Å². The van der Waals surface area contributed by atoms with Crippen molar-refractivity contribution < 1.29 is 9.53 Å². The lowest BCUT2D eigenvalue weighted by molar-refractivity contribution is -0.146. The largest absolute Gasteiger partial charge is 0.466 e. The van der Waals surface area contributed by atoms with E-state index in [-0.39, 0.29) is 5.97 Å². The predicted molar refractivity (Wildman–Crippen MR) is 159 cm³/mol. The number of rotatable bonds is 9. The molecular weight excluding hydrogens is 487 g/mol. The van der Waals surface area contributed by atoms with Crippen molar-refractivity contribution in [3.63, 3.8) is 0 Å². The summed E-state index contributed by atoms with van der Waals surface area (Å²) in [5.74, 6) is -0.683. The van der Waals surface area contributed by atoms with Gasteiger partial charge in [-0.3, -0.25) is 4.79 Å². The Morgan fingerprint density at radius 3 is 1.84 bits per heavy atom. The Labute approximate surface area is 227 Å². The van der Waals surface area contributed by atoms with Crippen molar-refractivity contribution in [2.45, 2.75) is 13.3 Å². The number of carbonyl (C=O) groups is 1.